The average Bonchev–Trinajstić information content (AvgIpc) is 3.08. The Morgan fingerprint density at radius 1 is 1.11 bits per heavy atom. The van der Waals surface area contributed by atoms with Gasteiger partial charge in [0.05, 0.1) is 11.9 Å². The number of carbonyl (C=O) groups is 1. The first kappa shape index (κ1) is 20.1. The number of ether oxygens (including phenoxy) is 1. The number of benzene rings is 2. The molecule has 1 atom stereocenters. The van der Waals surface area contributed by atoms with Crippen LogP contribution < -0.4 is 5.32 Å². The topological polar surface area (TPSA) is 69.0 Å². The second-order valence-corrected chi connectivity index (χ2v) is 7.63. The van der Waals surface area contributed by atoms with Crippen molar-refractivity contribution in [3.05, 3.63) is 72.1 Å². The van der Waals surface area contributed by atoms with Gasteiger partial charge in [0.1, 0.15) is 5.82 Å². The van der Waals surface area contributed by atoms with Crippen molar-refractivity contribution < 1.29 is 9.53 Å². The van der Waals surface area contributed by atoms with Gasteiger partial charge in [0.25, 0.3) is 0 Å². The molecule has 0 bridgehead atoms. The Kier molecular flexibility index (Phi) is 7.22. The molecule has 0 saturated heterocycles. The Bertz CT molecular complexity index is 884. The molecule has 0 saturated carbocycles. The molecule has 7 heteroatoms. The quantitative estimate of drug-likeness (QED) is 0.559. The first-order valence-electron chi connectivity index (χ1n) is 9.15. The van der Waals surface area contributed by atoms with E-state index in [1.54, 1.807) is 7.11 Å². The van der Waals surface area contributed by atoms with Gasteiger partial charge in [-0.15, -0.1) is 10.2 Å². The van der Waals surface area contributed by atoms with Crippen LogP contribution in [0.1, 0.15) is 18.3 Å². The Hall–Kier alpha value is -2.64. The molecule has 2 aromatic carbocycles. The van der Waals surface area contributed by atoms with Crippen molar-refractivity contribution in [2.75, 3.05) is 19.0 Å². The number of amides is 1. The Labute approximate surface area is 169 Å². The molecule has 0 aliphatic carbocycles. The van der Waals surface area contributed by atoms with Crippen molar-refractivity contribution in [3.8, 4) is 0 Å². The van der Waals surface area contributed by atoms with Gasteiger partial charge in [0, 0.05) is 25.8 Å². The van der Waals surface area contributed by atoms with Gasteiger partial charge in [-0.3, -0.25) is 4.79 Å². The molecule has 0 unspecified atom stereocenters. The third-order valence-electron chi connectivity index (χ3n) is 4.21. The number of methoxy groups -OCH3 is 1. The summed E-state index contributed by atoms with van der Waals surface area (Å²) in [5.41, 5.74) is 1.95. The highest BCUT2D eigenvalue weighted by Crippen LogP contribution is 2.24. The van der Waals surface area contributed by atoms with E-state index in [0.29, 0.717) is 19.6 Å². The lowest BCUT2D eigenvalue weighted by molar-refractivity contribution is -0.115. The lowest BCUT2D eigenvalue weighted by atomic mass is 10.1. The summed E-state index contributed by atoms with van der Waals surface area (Å²) in [6, 6.07) is 19.6. The van der Waals surface area contributed by atoms with E-state index >= 15 is 0 Å². The summed E-state index contributed by atoms with van der Waals surface area (Å²) in [4.78, 5) is 12.5. The maximum absolute atomic E-state index is 12.5. The Morgan fingerprint density at radius 3 is 2.46 bits per heavy atom. The summed E-state index contributed by atoms with van der Waals surface area (Å²) in [5.74, 6) is 0.795. The van der Waals surface area contributed by atoms with Crippen LogP contribution in [0.4, 0.5) is 5.69 Å². The summed E-state index contributed by atoms with van der Waals surface area (Å²) in [6.07, 6.45) is 0.683. The maximum atomic E-state index is 12.5. The molecule has 1 heterocycles. The molecule has 6 nitrogen and oxygen atoms in total. The molecule has 1 N–H and O–H groups in total. The molecule has 28 heavy (non-hydrogen) atoms. The van der Waals surface area contributed by atoms with Gasteiger partial charge in [0.2, 0.25) is 5.91 Å². The largest absolute Gasteiger partial charge is 0.383 e. The molecule has 0 radical (unpaired) electrons. The molecular weight excluding hydrogens is 372 g/mol. The molecular formula is C21H24N4O2S. The first-order valence-corrected chi connectivity index (χ1v) is 10.0. The number of nitrogens with zero attached hydrogens (tertiary/aromatic N) is 3. The van der Waals surface area contributed by atoms with E-state index in [0.717, 1.165) is 16.7 Å². The van der Waals surface area contributed by atoms with Crippen LogP contribution in [0.5, 0.6) is 0 Å². The number of hydrogen-bond donors (Lipinski definition) is 1. The van der Waals surface area contributed by atoms with E-state index in [1.165, 1.54) is 17.3 Å². The van der Waals surface area contributed by atoms with Crippen molar-refractivity contribution in [3.63, 3.8) is 0 Å². The lowest BCUT2D eigenvalue weighted by Gasteiger charge is -2.13. The van der Waals surface area contributed by atoms with Gasteiger partial charge < -0.3 is 14.6 Å². The predicted molar refractivity (Wildman–Crippen MR) is 112 cm³/mol. The summed E-state index contributed by atoms with van der Waals surface area (Å²) < 4.78 is 7.28. The number of thioether (sulfide) groups is 1. The molecule has 0 aliphatic rings. The lowest BCUT2D eigenvalue weighted by Crippen LogP contribution is -2.23. The van der Waals surface area contributed by atoms with Crippen molar-refractivity contribution in [1.29, 1.82) is 0 Å². The third kappa shape index (κ3) is 5.43. The van der Waals surface area contributed by atoms with E-state index in [-0.39, 0.29) is 11.2 Å². The van der Waals surface area contributed by atoms with Crippen LogP contribution in [0.25, 0.3) is 0 Å². The molecule has 3 aromatic rings. The van der Waals surface area contributed by atoms with Gasteiger partial charge in [-0.2, -0.15) is 0 Å². The van der Waals surface area contributed by atoms with Crippen LogP contribution in [0.2, 0.25) is 0 Å². The highest BCUT2D eigenvalue weighted by atomic mass is 32.2. The van der Waals surface area contributed by atoms with Gasteiger partial charge >= 0.3 is 0 Å². The van der Waals surface area contributed by atoms with E-state index in [4.69, 9.17) is 4.74 Å². The van der Waals surface area contributed by atoms with Gasteiger partial charge in [-0.1, -0.05) is 60.3 Å². The molecule has 0 aliphatic heterocycles. The molecule has 3 rings (SSSR count). The molecule has 0 fully saturated rings. The zero-order valence-corrected chi connectivity index (χ0v) is 16.9. The van der Waals surface area contributed by atoms with E-state index in [1.807, 2.05) is 60.0 Å². The second kappa shape index (κ2) is 10.1. The number of hydrogen-bond acceptors (Lipinski definition) is 5. The second-order valence-electron chi connectivity index (χ2n) is 6.32. The Morgan fingerprint density at radius 2 is 1.79 bits per heavy atom. The summed E-state index contributed by atoms with van der Waals surface area (Å²) in [5, 5.41) is 12.0. The van der Waals surface area contributed by atoms with Crippen molar-refractivity contribution in [2.24, 2.45) is 0 Å². The smallest absolute Gasteiger partial charge is 0.237 e. The first-order chi connectivity index (χ1) is 13.7. The normalized spacial score (nSPS) is 11.9. The highest BCUT2D eigenvalue weighted by molar-refractivity contribution is 8.00. The number of carbonyl (C=O) groups excluding carboxylic acids is 1. The van der Waals surface area contributed by atoms with Gasteiger partial charge in [-0.25, -0.2) is 0 Å². The van der Waals surface area contributed by atoms with Crippen LogP contribution in [0, 0.1) is 0 Å². The molecule has 0 spiro atoms. The van der Waals surface area contributed by atoms with Crippen LogP contribution in [-0.4, -0.2) is 39.6 Å². The predicted octanol–water partition coefficient (Wildman–Crippen LogP) is 3.63. The fraction of sp³-hybridized carbons (Fsp3) is 0.286. The van der Waals surface area contributed by atoms with Gasteiger partial charge in [-0.05, 0) is 24.6 Å². The number of nitrogens with one attached hydrogen (secondary N) is 1. The maximum Gasteiger partial charge on any atom is 0.237 e. The monoisotopic (exact) mass is 396 g/mol. The highest BCUT2D eigenvalue weighted by Gasteiger charge is 2.20. The summed E-state index contributed by atoms with van der Waals surface area (Å²) >= 11 is 1.40. The number of aromatic nitrogens is 3. The SMILES string of the molecule is COCCn1c(Cc2ccccc2)nnc1S[C@@H](C)C(=O)Nc1ccccc1. The van der Waals surface area contributed by atoms with E-state index in [2.05, 4.69) is 27.6 Å². The zero-order valence-electron chi connectivity index (χ0n) is 16.0. The fourth-order valence-electron chi connectivity index (χ4n) is 2.70. The standard InChI is InChI=1S/C21H24N4O2S/c1-16(20(26)22-18-11-7-4-8-12-18)28-21-24-23-19(25(21)13-14-27-2)15-17-9-5-3-6-10-17/h3-12,16H,13-15H2,1-2H3,(H,22,26)/t16-/m0/s1. The molecule has 1 aromatic heterocycles. The number of para-hydroxylation sites is 1. The van der Waals surface area contributed by atoms with Crippen LogP contribution in [0.3, 0.4) is 0 Å². The summed E-state index contributed by atoms with van der Waals surface area (Å²) in [6.45, 7) is 3.06. The van der Waals surface area contributed by atoms with Crippen molar-refractivity contribution in [1.82, 2.24) is 14.8 Å². The molecule has 1 amide bonds. The van der Waals surface area contributed by atoms with Crippen molar-refractivity contribution >= 4 is 23.4 Å². The zero-order chi connectivity index (χ0) is 19.8. The minimum atomic E-state index is -0.310. The number of anilines is 1. The van der Waals surface area contributed by atoms with Crippen LogP contribution >= 0.6 is 11.8 Å². The van der Waals surface area contributed by atoms with Crippen LogP contribution in [-0.2, 0) is 22.5 Å². The minimum absolute atomic E-state index is 0.0675. The van der Waals surface area contributed by atoms with E-state index in [9.17, 15) is 4.79 Å². The third-order valence-corrected chi connectivity index (χ3v) is 5.29. The van der Waals surface area contributed by atoms with Crippen LogP contribution in [0.15, 0.2) is 65.8 Å². The molecule has 146 valence electrons. The fourth-order valence-corrected chi connectivity index (χ4v) is 3.59. The minimum Gasteiger partial charge on any atom is -0.383 e. The van der Waals surface area contributed by atoms with Crippen molar-refractivity contribution in [2.45, 2.75) is 30.3 Å². The summed E-state index contributed by atoms with van der Waals surface area (Å²) in [7, 11) is 1.67. The number of rotatable bonds is 9. The van der Waals surface area contributed by atoms with Gasteiger partial charge in [0.15, 0.2) is 5.16 Å². The average molecular weight is 397 g/mol. The van der Waals surface area contributed by atoms with E-state index < -0.39 is 0 Å². The Balaban J connectivity index is 1.72.